The van der Waals surface area contributed by atoms with Gasteiger partial charge in [-0.15, -0.1) is 0 Å². The van der Waals surface area contributed by atoms with Crippen LogP contribution in [-0.4, -0.2) is 31.9 Å². The van der Waals surface area contributed by atoms with Crippen molar-refractivity contribution < 1.29 is 22.5 Å². The summed E-state index contributed by atoms with van der Waals surface area (Å²) in [6.45, 7) is 1.70. The summed E-state index contributed by atoms with van der Waals surface area (Å²) < 4.78 is 26.7. The lowest BCUT2D eigenvalue weighted by molar-refractivity contribution is -0.133. The molecule has 0 fully saturated rings. The smallest absolute Gasteiger partial charge is 0.322 e. The van der Waals surface area contributed by atoms with Gasteiger partial charge in [0, 0.05) is 6.42 Å². The van der Waals surface area contributed by atoms with Crippen LogP contribution < -0.4 is 0 Å². The molecule has 0 bridgehead atoms. The normalized spacial score (nSPS) is 11.9. The quantitative estimate of drug-likeness (QED) is 0.205. The van der Waals surface area contributed by atoms with E-state index in [1.54, 1.807) is 0 Å². The summed E-state index contributed by atoms with van der Waals surface area (Å²) in [5.41, 5.74) is 0. The number of aliphatic hydroxyl groups excluding tert-OH is 1. The molecule has 0 aliphatic rings. The van der Waals surface area contributed by atoms with Crippen LogP contribution in [0.15, 0.2) is 12.2 Å². The lowest BCUT2D eigenvalue weighted by Crippen LogP contribution is -2.17. The third-order valence-corrected chi connectivity index (χ3v) is 5.33. The summed E-state index contributed by atoms with van der Waals surface area (Å²) in [5.74, 6) is -1.26. The van der Waals surface area contributed by atoms with Crippen LogP contribution in [0, 0.1) is 0 Å². The molecule has 0 aromatic rings. The van der Waals surface area contributed by atoms with Gasteiger partial charge in [-0.3, -0.25) is 4.79 Å². The number of allylic oxidation sites excluding steroid dienone is 2. The second-order valence-electron chi connectivity index (χ2n) is 6.78. The van der Waals surface area contributed by atoms with Crippen LogP contribution >= 0.6 is 0 Å². The zero-order valence-electron chi connectivity index (χ0n) is 16.5. The largest absolute Gasteiger partial charge is 0.395 e. The lowest BCUT2D eigenvalue weighted by atomic mass is 10.1. The van der Waals surface area contributed by atoms with E-state index in [1.165, 1.54) is 44.9 Å². The van der Waals surface area contributed by atoms with E-state index in [0.717, 1.165) is 32.1 Å². The van der Waals surface area contributed by atoms with Crippen molar-refractivity contribution in [1.82, 2.24) is 0 Å². The Balaban J connectivity index is 3.38. The maximum atomic E-state index is 11.4. The average Bonchev–Trinajstić information content (AvgIpc) is 2.57. The fraction of sp³-hybridized carbons (Fsp3) is 0.850. The minimum Gasteiger partial charge on any atom is -0.395 e. The summed E-state index contributed by atoms with van der Waals surface area (Å²) in [5, 5.41) is 8.56. The van der Waals surface area contributed by atoms with Gasteiger partial charge in [-0.25, -0.2) is 0 Å². The highest BCUT2D eigenvalue weighted by Gasteiger charge is 2.15. The van der Waals surface area contributed by atoms with Gasteiger partial charge in [-0.05, 0) is 32.1 Å². The van der Waals surface area contributed by atoms with Gasteiger partial charge in [0.1, 0.15) is 5.75 Å². The average molecular weight is 391 g/mol. The van der Waals surface area contributed by atoms with Crippen molar-refractivity contribution in [2.45, 2.75) is 96.8 Å². The first kappa shape index (κ1) is 25.1. The van der Waals surface area contributed by atoms with Gasteiger partial charge in [-0.2, -0.15) is 8.42 Å². The van der Waals surface area contributed by atoms with Crippen molar-refractivity contribution in [2.24, 2.45) is 0 Å². The molecule has 6 heteroatoms. The molecule has 154 valence electrons. The molecule has 0 spiro atoms. The van der Waals surface area contributed by atoms with E-state index in [9.17, 15) is 13.2 Å². The molecule has 0 amide bonds. The van der Waals surface area contributed by atoms with Crippen LogP contribution in [0.1, 0.15) is 96.8 Å². The van der Waals surface area contributed by atoms with Gasteiger partial charge in [0.25, 0.3) is 0 Å². The zero-order chi connectivity index (χ0) is 19.5. The predicted molar refractivity (Wildman–Crippen MR) is 106 cm³/mol. The highest BCUT2D eigenvalue weighted by atomic mass is 32.2. The van der Waals surface area contributed by atoms with E-state index in [1.807, 2.05) is 0 Å². The van der Waals surface area contributed by atoms with Gasteiger partial charge in [0.05, 0.1) is 6.61 Å². The second kappa shape index (κ2) is 17.5. The minimum absolute atomic E-state index is 0.114. The van der Waals surface area contributed by atoms with E-state index in [0.29, 0.717) is 6.42 Å². The molecule has 0 saturated heterocycles. The van der Waals surface area contributed by atoms with Gasteiger partial charge in [0.15, 0.2) is 0 Å². The number of carbonyl (C=O) groups is 1. The van der Waals surface area contributed by atoms with Crippen LogP contribution in [0.4, 0.5) is 0 Å². The van der Waals surface area contributed by atoms with Crippen LogP contribution in [0.5, 0.6) is 0 Å². The van der Waals surface area contributed by atoms with Crippen molar-refractivity contribution in [3.63, 3.8) is 0 Å². The number of unbranched alkanes of at least 4 members (excludes halogenated alkanes) is 11. The number of aliphatic hydroxyl groups is 1. The molecule has 0 aromatic carbocycles. The first-order valence-corrected chi connectivity index (χ1v) is 11.8. The standard InChI is InChI=1S/C20H38O5S/c1-2-3-4-5-6-7-8-9-10-11-12-13-14-15-16-17-20(22)25-26(23,24)19-18-21/h9-10,21H,2-8,11-19H2,1H3/b10-9-. The SMILES string of the molecule is CCCCCCCC/C=C\CCCCCCCC(=O)OS(=O)(=O)CCO. The summed E-state index contributed by atoms with van der Waals surface area (Å²) in [6.07, 6.45) is 19.9. The Labute approximate surface area is 160 Å². The molecule has 0 rings (SSSR count). The fourth-order valence-corrected chi connectivity index (χ4v) is 3.35. The summed E-state index contributed by atoms with van der Waals surface area (Å²) in [4.78, 5) is 11.4. The number of carbonyl (C=O) groups excluding carboxylic acids is 1. The first-order valence-electron chi connectivity index (χ1n) is 10.2. The van der Waals surface area contributed by atoms with Crippen molar-refractivity contribution >= 4 is 16.1 Å². The fourth-order valence-electron chi connectivity index (χ4n) is 2.68. The lowest BCUT2D eigenvalue weighted by Gasteiger charge is -2.04. The third kappa shape index (κ3) is 17.9. The van der Waals surface area contributed by atoms with Crippen LogP contribution in [0.25, 0.3) is 0 Å². The van der Waals surface area contributed by atoms with Gasteiger partial charge < -0.3 is 9.29 Å². The van der Waals surface area contributed by atoms with Crippen LogP contribution in [0.2, 0.25) is 0 Å². The Morgan fingerprint density at radius 1 is 0.846 bits per heavy atom. The van der Waals surface area contributed by atoms with E-state index < -0.39 is 28.4 Å². The first-order chi connectivity index (χ1) is 12.5. The molecule has 0 saturated carbocycles. The van der Waals surface area contributed by atoms with Crippen molar-refractivity contribution in [1.29, 1.82) is 0 Å². The molecule has 0 aliphatic carbocycles. The maximum absolute atomic E-state index is 11.4. The number of rotatable bonds is 18. The molecular formula is C20H38O5S. The highest BCUT2D eigenvalue weighted by molar-refractivity contribution is 7.87. The Bertz CT molecular complexity index is 457. The van der Waals surface area contributed by atoms with E-state index >= 15 is 0 Å². The Morgan fingerprint density at radius 2 is 1.35 bits per heavy atom. The van der Waals surface area contributed by atoms with Gasteiger partial charge in [-0.1, -0.05) is 70.4 Å². The number of hydrogen-bond acceptors (Lipinski definition) is 5. The van der Waals surface area contributed by atoms with Gasteiger partial charge >= 0.3 is 16.1 Å². The van der Waals surface area contributed by atoms with Crippen molar-refractivity contribution in [3.8, 4) is 0 Å². The van der Waals surface area contributed by atoms with Crippen LogP contribution in [0.3, 0.4) is 0 Å². The third-order valence-electron chi connectivity index (χ3n) is 4.20. The molecule has 0 aliphatic heterocycles. The highest BCUT2D eigenvalue weighted by Crippen LogP contribution is 2.10. The topological polar surface area (TPSA) is 80.7 Å². The molecule has 5 nitrogen and oxygen atoms in total. The van der Waals surface area contributed by atoms with E-state index in [2.05, 4.69) is 23.3 Å². The predicted octanol–water partition coefficient (Wildman–Crippen LogP) is 4.89. The summed E-state index contributed by atoms with van der Waals surface area (Å²) >= 11 is 0. The Hall–Kier alpha value is -0.880. The van der Waals surface area contributed by atoms with Crippen LogP contribution in [-0.2, 0) is 19.1 Å². The molecular weight excluding hydrogens is 352 g/mol. The molecule has 0 heterocycles. The molecule has 0 aromatic heterocycles. The summed E-state index contributed by atoms with van der Waals surface area (Å²) in [6, 6.07) is 0. The molecule has 0 unspecified atom stereocenters. The molecule has 1 N–H and O–H groups in total. The molecule has 26 heavy (non-hydrogen) atoms. The van der Waals surface area contributed by atoms with E-state index in [4.69, 9.17) is 5.11 Å². The van der Waals surface area contributed by atoms with Crippen molar-refractivity contribution in [2.75, 3.05) is 12.4 Å². The monoisotopic (exact) mass is 390 g/mol. The zero-order valence-corrected chi connectivity index (χ0v) is 17.3. The maximum Gasteiger partial charge on any atom is 0.322 e. The summed E-state index contributed by atoms with van der Waals surface area (Å²) in [7, 11) is -3.91. The van der Waals surface area contributed by atoms with E-state index in [-0.39, 0.29) is 6.42 Å². The Morgan fingerprint density at radius 3 is 1.88 bits per heavy atom. The van der Waals surface area contributed by atoms with Gasteiger partial charge in [0.2, 0.25) is 0 Å². The minimum atomic E-state index is -3.91. The molecule has 0 atom stereocenters. The molecule has 0 radical (unpaired) electrons. The number of hydrogen-bond donors (Lipinski definition) is 1. The Kier molecular flexibility index (Phi) is 16.9. The second-order valence-corrected chi connectivity index (χ2v) is 8.47. The van der Waals surface area contributed by atoms with Crippen molar-refractivity contribution in [3.05, 3.63) is 12.2 Å².